The second kappa shape index (κ2) is 5.11. The highest BCUT2D eigenvalue weighted by Gasteiger charge is 2.18. The number of carbonyl (C=O) groups is 1. The van der Waals surface area contributed by atoms with E-state index in [1.54, 1.807) is 16.7 Å². The van der Waals surface area contributed by atoms with Gasteiger partial charge in [-0.25, -0.2) is 0 Å². The van der Waals surface area contributed by atoms with E-state index >= 15 is 0 Å². The van der Waals surface area contributed by atoms with Gasteiger partial charge in [-0.3, -0.25) is 9.69 Å². The lowest BCUT2D eigenvalue weighted by Crippen LogP contribution is -2.16. The van der Waals surface area contributed by atoms with Gasteiger partial charge in [0.2, 0.25) is 6.41 Å². The molecular weight excluding hydrogens is 278 g/mol. The van der Waals surface area contributed by atoms with Crippen LogP contribution in [0, 0.1) is 0 Å². The number of rotatable bonds is 2. The molecule has 19 heavy (non-hydrogen) atoms. The maximum Gasteiger partial charge on any atom is 0.218 e. The molecule has 0 saturated carbocycles. The number of amides is 1. The largest absolute Gasteiger partial charge is 0.288 e. The van der Waals surface area contributed by atoms with E-state index in [0.29, 0.717) is 5.02 Å². The predicted molar refractivity (Wildman–Crippen MR) is 80.3 cm³/mol. The van der Waals surface area contributed by atoms with Gasteiger partial charge in [0.05, 0.1) is 5.69 Å². The molecule has 0 aliphatic carbocycles. The van der Waals surface area contributed by atoms with Gasteiger partial charge in [-0.1, -0.05) is 47.6 Å². The van der Waals surface area contributed by atoms with Crippen molar-refractivity contribution in [2.45, 2.75) is 4.90 Å². The van der Waals surface area contributed by atoms with E-state index in [1.165, 1.54) is 0 Å². The quantitative estimate of drug-likeness (QED) is 0.763. The Bertz CT molecular complexity index is 651. The van der Waals surface area contributed by atoms with Crippen molar-refractivity contribution in [2.75, 3.05) is 4.90 Å². The Morgan fingerprint density at radius 1 is 1.05 bits per heavy atom. The van der Waals surface area contributed by atoms with Crippen LogP contribution >= 0.6 is 23.4 Å². The summed E-state index contributed by atoms with van der Waals surface area (Å²) in [4.78, 5) is 14.9. The molecule has 0 radical (unpaired) electrons. The maximum atomic E-state index is 11.2. The van der Waals surface area contributed by atoms with Crippen LogP contribution in [0.25, 0.3) is 4.91 Å². The van der Waals surface area contributed by atoms with Gasteiger partial charge in [-0.15, -0.1) is 0 Å². The number of benzene rings is 2. The lowest BCUT2D eigenvalue weighted by atomic mass is 10.2. The van der Waals surface area contributed by atoms with E-state index in [1.807, 2.05) is 54.7 Å². The summed E-state index contributed by atoms with van der Waals surface area (Å²) in [6.07, 6.45) is 2.68. The smallest absolute Gasteiger partial charge is 0.218 e. The number of fused-ring (bicyclic) bond motifs is 1. The normalized spacial score (nSPS) is 13.7. The van der Waals surface area contributed by atoms with Gasteiger partial charge < -0.3 is 0 Å². The van der Waals surface area contributed by atoms with Crippen molar-refractivity contribution < 1.29 is 4.79 Å². The molecule has 0 atom stereocenters. The van der Waals surface area contributed by atoms with E-state index in [0.717, 1.165) is 27.5 Å². The Hall–Kier alpha value is -1.71. The molecule has 0 saturated heterocycles. The molecule has 2 aromatic rings. The number of thioether (sulfide) groups is 1. The van der Waals surface area contributed by atoms with Crippen LogP contribution in [-0.2, 0) is 4.79 Å². The topological polar surface area (TPSA) is 20.3 Å². The number of halogens is 1. The Morgan fingerprint density at radius 3 is 2.53 bits per heavy atom. The van der Waals surface area contributed by atoms with Crippen LogP contribution in [0.5, 0.6) is 0 Å². The first-order valence-corrected chi connectivity index (χ1v) is 6.95. The molecule has 0 N–H and O–H groups in total. The summed E-state index contributed by atoms with van der Waals surface area (Å²) in [7, 11) is 0. The molecule has 0 unspecified atom stereocenters. The Morgan fingerprint density at radius 2 is 1.79 bits per heavy atom. The molecule has 2 aromatic carbocycles. The van der Waals surface area contributed by atoms with E-state index in [-0.39, 0.29) is 0 Å². The van der Waals surface area contributed by atoms with E-state index in [4.69, 9.17) is 11.6 Å². The van der Waals surface area contributed by atoms with Gasteiger partial charge in [-0.05, 0) is 29.8 Å². The van der Waals surface area contributed by atoms with Crippen LogP contribution < -0.4 is 4.90 Å². The van der Waals surface area contributed by atoms with Crippen molar-refractivity contribution in [1.29, 1.82) is 0 Å². The number of hydrogen-bond acceptors (Lipinski definition) is 2. The van der Waals surface area contributed by atoms with Gasteiger partial charge in [0, 0.05) is 21.0 Å². The number of anilines is 1. The van der Waals surface area contributed by atoms with Gasteiger partial charge in [-0.2, -0.15) is 0 Å². The number of nitrogens with zero attached hydrogens (tertiary/aromatic N) is 1. The zero-order valence-corrected chi connectivity index (χ0v) is 11.5. The van der Waals surface area contributed by atoms with Crippen LogP contribution in [0.2, 0.25) is 5.02 Å². The third-order valence-electron chi connectivity index (χ3n) is 2.86. The molecule has 2 nitrogen and oxygen atoms in total. The molecule has 0 spiro atoms. The molecular formula is C15H10ClNOS. The fraction of sp³-hybridized carbons (Fsp3) is 0. The Labute approximate surface area is 120 Å². The minimum absolute atomic E-state index is 0.706. The first kappa shape index (κ1) is 12.3. The van der Waals surface area contributed by atoms with Crippen molar-refractivity contribution >= 4 is 40.4 Å². The van der Waals surface area contributed by atoms with Crippen LogP contribution in [0.1, 0.15) is 5.56 Å². The second-order valence-corrected chi connectivity index (χ2v) is 5.60. The monoisotopic (exact) mass is 287 g/mol. The Kier molecular flexibility index (Phi) is 3.32. The van der Waals surface area contributed by atoms with E-state index in [9.17, 15) is 4.79 Å². The average Bonchev–Trinajstić information content (AvgIpc) is 2.47. The summed E-state index contributed by atoms with van der Waals surface area (Å²) in [5, 5.41) is 0.706. The van der Waals surface area contributed by atoms with E-state index in [2.05, 4.69) is 0 Å². The van der Waals surface area contributed by atoms with Crippen molar-refractivity contribution in [3.63, 3.8) is 0 Å². The summed E-state index contributed by atoms with van der Waals surface area (Å²) >= 11 is 7.55. The van der Waals surface area contributed by atoms with Gasteiger partial charge in [0.1, 0.15) is 0 Å². The van der Waals surface area contributed by atoms with Crippen LogP contribution in [0.4, 0.5) is 5.69 Å². The Balaban J connectivity index is 2.03. The first-order chi connectivity index (χ1) is 9.28. The zero-order chi connectivity index (χ0) is 13.2. The molecule has 1 aliphatic heterocycles. The van der Waals surface area contributed by atoms with Crippen LogP contribution in [0.15, 0.2) is 59.6 Å². The standard InChI is InChI=1S/C15H10ClNOS/c16-12-7-5-11(6-8-12)15-9-17(10-18)13-3-1-2-4-14(13)19-15/h1-10H. The third kappa shape index (κ3) is 2.39. The summed E-state index contributed by atoms with van der Waals surface area (Å²) in [6, 6.07) is 15.5. The van der Waals surface area contributed by atoms with Crippen molar-refractivity contribution in [3.8, 4) is 0 Å². The highest BCUT2D eigenvalue weighted by Crippen LogP contribution is 2.43. The highest BCUT2D eigenvalue weighted by atomic mass is 35.5. The van der Waals surface area contributed by atoms with Gasteiger partial charge in [0.25, 0.3) is 0 Å². The maximum absolute atomic E-state index is 11.2. The van der Waals surface area contributed by atoms with Crippen LogP contribution in [-0.4, -0.2) is 6.41 Å². The molecule has 3 rings (SSSR count). The fourth-order valence-corrected chi connectivity index (χ4v) is 3.14. The average molecular weight is 288 g/mol. The summed E-state index contributed by atoms with van der Waals surface area (Å²) in [6.45, 7) is 0. The molecule has 4 heteroatoms. The minimum atomic E-state index is 0.706. The molecule has 1 aliphatic rings. The predicted octanol–water partition coefficient (Wildman–Crippen LogP) is 4.41. The SMILES string of the molecule is O=CN1C=C(c2ccc(Cl)cc2)Sc2ccccc21. The first-order valence-electron chi connectivity index (χ1n) is 5.76. The molecule has 0 fully saturated rings. The number of hydrogen-bond donors (Lipinski definition) is 0. The summed E-state index contributed by atoms with van der Waals surface area (Å²) < 4.78 is 0. The lowest BCUT2D eigenvalue weighted by Gasteiger charge is -2.24. The van der Waals surface area contributed by atoms with Crippen molar-refractivity contribution in [2.24, 2.45) is 0 Å². The molecule has 1 amide bonds. The summed E-state index contributed by atoms with van der Waals surface area (Å²) in [5.74, 6) is 0. The molecule has 0 aromatic heterocycles. The second-order valence-electron chi connectivity index (χ2n) is 4.08. The van der Waals surface area contributed by atoms with Crippen LogP contribution in [0.3, 0.4) is 0 Å². The third-order valence-corrected chi connectivity index (χ3v) is 4.24. The molecule has 0 bridgehead atoms. The van der Waals surface area contributed by atoms with E-state index < -0.39 is 0 Å². The lowest BCUT2D eigenvalue weighted by molar-refractivity contribution is -0.107. The van der Waals surface area contributed by atoms with Crippen molar-refractivity contribution in [3.05, 3.63) is 65.3 Å². The number of para-hydroxylation sites is 1. The number of carbonyl (C=O) groups excluding carboxylic acids is 1. The highest BCUT2D eigenvalue weighted by molar-refractivity contribution is 8.08. The van der Waals surface area contributed by atoms with Gasteiger partial charge in [0.15, 0.2) is 0 Å². The summed E-state index contributed by atoms with van der Waals surface area (Å²) in [5.41, 5.74) is 1.97. The fourth-order valence-electron chi connectivity index (χ4n) is 1.93. The zero-order valence-electron chi connectivity index (χ0n) is 9.92. The molecule has 94 valence electrons. The molecule has 1 heterocycles. The minimum Gasteiger partial charge on any atom is -0.288 e. The van der Waals surface area contributed by atoms with Gasteiger partial charge >= 0.3 is 0 Å². The van der Waals surface area contributed by atoms with Crippen molar-refractivity contribution in [1.82, 2.24) is 0 Å².